The van der Waals surface area contributed by atoms with Crippen molar-refractivity contribution < 1.29 is 29.6 Å². The van der Waals surface area contributed by atoms with Crippen molar-refractivity contribution in [2.75, 3.05) is 0 Å². The zero-order valence-corrected chi connectivity index (χ0v) is 28.1. The summed E-state index contributed by atoms with van der Waals surface area (Å²) >= 11 is 0. The van der Waals surface area contributed by atoms with Crippen LogP contribution in [0.15, 0.2) is 42.5 Å². The number of benzene rings is 1. The maximum absolute atomic E-state index is 13.1. The van der Waals surface area contributed by atoms with E-state index in [2.05, 4.69) is 48.1 Å². The molecule has 6 nitrogen and oxygen atoms in total. The number of fused-ring (bicyclic) bond motifs is 7. The number of hydrogen-bond acceptors (Lipinski definition) is 5. The molecular weight excluding hydrogens is 564 g/mol. The number of carboxylic acids is 1. The number of carboxylic acid groups (broad SMARTS) is 1. The van der Waals surface area contributed by atoms with Crippen molar-refractivity contribution in [1.82, 2.24) is 0 Å². The highest BCUT2D eigenvalue weighted by molar-refractivity contribution is 5.87. The predicted molar refractivity (Wildman–Crippen MR) is 175 cm³/mol. The van der Waals surface area contributed by atoms with E-state index >= 15 is 0 Å². The second kappa shape index (κ2) is 10.7. The minimum Gasteiger partial charge on any atom is -0.508 e. The number of aromatic hydroxyl groups is 1. The number of ether oxygens (including phenoxy) is 1. The number of aliphatic hydroxyl groups excluding tert-OH is 1. The van der Waals surface area contributed by atoms with Crippen molar-refractivity contribution in [1.29, 1.82) is 0 Å². The lowest BCUT2D eigenvalue weighted by molar-refractivity contribution is -0.265. The Bertz CT molecular complexity index is 1390. The van der Waals surface area contributed by atoms with Crippen molar-refractivity contribution >= 4 is 18.0 Å². The lowest BCUT2D eigenvalue weighted by Crippen LogP contribution is -2.68. The van der Waals surface area contributed by atoms with Gasteiger partial charge in [0.1, 0.15) is 11.9 Å². The lowest BCUT2D eigenvalue weighted by Gasteiger charge is -2.73. The van der Waals surface area contributed by atoms with Crippen molar-refractivity contribution in [3.8, 4) is 5.75 Å². The molecule has 11 atom stereocenters. The fourth-order valence-electron chi connectivity index (χ4n) is 12.7. The van der Waals surface area contributed by atoms with Gasteiger partial charge in [-0.25, -0.2) is 4.79 Å². The largest absolute Gasteiger partial charge is 0.508 e. The van der Waals surface area contributed by atoms with Gasteiger partial charge in [0.05, 0.1) is 11.5 Å². The Balaban J connectivity index is 1.30. The topological polar surface area (TPSA) is 104 Å². The van der Waals surface area contributed by atoms with E-state index in [1.54, 1.807) is 30.3 Å². The number of aliphatic hydroxyl groups is 1. The van der Waals surface area contributed by atoms with E-state index in [9.17, 15) is 24.9 Å². The van der Waals surface area contributed by atoms with Crippen LogP contribution in [0.2, 0.25) is 0 Å². The number of phenols is 1. The Morgan fingerprint density at radius 2 is 1.60 bits per heavy atom. The molecule has 0 spiro atoms. The normalized spacial score (nSPS) is 45.1. The van der Waals surface area contributed by atoms with Gasteiger partial charge in [-0.1, -0.05) is 58.9 Å². The second-order valence-electron chi connectivity index (χ2n) is 17.0. The van der Waals surface area contributed by atoms with Gasteiger partial charge in [-0.15, -0.1) is 0 Å². The molecule has 6 rings (SSSR count). The highest BCUT2D eigenvalue weighted by Gasteiger charge is 2.72. The molecule has 0 aliphatic heterocycles. The quantitative estimate of drug-likeness (QED) is 0.175. The maximum atomic E-state index is 13.1. The lowest BCUT2D eigenvalue weighted by atomic mass is 9.32. The summed E-state index contributed by atoms with van der Waals surface area (Å²) in [4.78, 5) is 26.1. The van der Waals surface area contributed by atoms with Crippen LogP contribution < -0.4 is 0 Å². The number of carbonyl (C=O) groups is 2. The zero-order valence-electron chi connectivity index (χ0n) is 28.1. The summed E-state index contributed by atoms with van der Waals surface area (Å²) < 4.78 is 6.08. The highest BCUT2D eigenvalue weighted by Crippen LogP contribution is 2.77. The molecular formula is C39H54O6. The molecule has 0 saturated heterocycles. The van der Waals surface area contributed by atoms with E-state index < -0.39 is 35.0 Å². The monoisotopic (exact) mass is 618 g/mol. The first kappa shape index (κ1) is 32.3. The standard InChI is InChI=1S/C39H54O6/c1-23(2)26-16-19-39(34(43)44)21-20-37(6)27(32(26)39)13-14-30-36(5)22-28(33(42)35(3,4)29(36)17-18-38(30,37)7)45-31(41)15-10-24-8-11-25(40)12-9-24/h8-12,15,26-30,32-33,40,42H,1,13-14,16-22H2,2-7H3,(H,43,44)/t26-,27+,28+,29-,30+,32+,33-,36-,37+,38+,39-/m0/s1. The summed E-state index contributed by atoms with van der Waals surface area (Å²) in [5.41, 5.74) is 0.735. The van der Waals surface area contributed by atoms with Gasteiger partial charge in [0, 0.05) is 6.08 Å². The summed E-state index contributed by atoms with van der Waals surface area (Å²) in [6.45, 7) is 18.2. The van der Waals surface area contributed by atoms with Gasteiger partial charge in [0.25, 0.3) is 0 Å². The number of hydrogen-bond donors (Lipinski definition) is 3. The number of allylic oxidation sites excluding steroid dienone is 1. The molecule has 0 amide bonds. The van der Waals surface area contributed by atoms with Gasteiger partial charge in [-0.3, -0.25) is 4.79 Å². The Hall–Kier alpha value is -2.60. The third-order valence-electron chi connectivity index (χ3n) is 15.0. The first-order chi connectivity index (χ1) is 21.0. The molecule has 0 aromatic heterocycles. The van der Waals surface area contributed by atoms with Crippen LogP contribution in [0.1, 0.15) is 105 Å². The molecule has 0 bridgehead atoms. The van der Waals surface area contributed by atoms with Gasteiger partial charge < -0.3 is 20.1 Å². The molecule has 0 unspecified atom stereocenters. The van der Waals surface area contributed by atoms with Crippen LogP contribution >= 0.6 is 0 Å². The number of carbonyl (C=O) groups excluding carboxylic acids is 1. The highest BCUT2D eigenvalue weighted by atomic mass is 16.6. The number of phenolic OH excluding ortho intramolecular Hbond substituents is 1. The molecule has 45 heavy (non-hydrogen) atoms. The summed E-state index contributed by atoms with van der Waals surface area (Å²) in [5.74, 6) is 0.504. The van der Waals surface area contributed by atoms with E-state index in [0.717, 1.165) is 62.5 Å². The van der Waals surface area contributed by atoms with E-state index in [4.69, 9.17) is 4.74 Å². The number of esters is 1. The Labute approximate surface area is 269 Å². The van der Waals surface area contributed by atoms with Crippen molar-refractivity contribution in [2.24, 2.45) is 56.7 Å². The summed E-state index contributed by atoms with van der Waals surface area (Å²) in [5, 5.41) is 31.9. The minimum absolute atomic E-state index is 0.00475. The number of rotatable bonds is 5. The van der Waals surface area contributed by atoms with Crippen molar-refractivity contribution in [3.05, 3.63) is 48.1 Å². The van der Waals surface area contributed by atoms with Gasteiger partial charge in [-0.2, -0.15) is 0 Å². The van der Waals surface area contributed by atoms with E-state index in [1.807, 2.05) is 0 Å². The smallest absolute Gasteiger partial charge is 0.331 e. The molecule has 3 N–H and O–H groups in total. The van der Waals surface area contributed by atoms with Gasteiger partial charge >= 0.3 is 11.9 Å². The molecule has 1 aromatic carbocycles. The molecule has 5 saturated carbocycles. The van der Waals surface area contributed by atoms with Gasteiger partial charge in [0.2, 0.25) is 0 Å². The number of aliphatic carboxylic acids is 1. The summed E-state index contributed by atoms with van der Waals surface area (Å²) in [6, 6.07) is 6.63. The van der Waals surface area contributed by atoms with Gasteiger partial charge in [-0.05, 0) is 140 Å². The van der Waals surface area contributed by atoms with Gasteiger partial charge in [0.15, 0.2) is 0 Å². The molecule has 0 radical (unpaired) electrons. The third-order valence-corrected chi connectivity index (χ3v) is 15.0. The van der Waals surface area contributed by atoms with Crippen LogP contribution in [0.3, 0.4) is 0 Å². The average Bonchev–Trinajstić information content (AvgIpc) is 3.37. The summed E-state index contributed by atoms with van der Waals surface area (Å²) in [7, 11) is 0. The first-order valence-electron chi connectivity index (χ1n) is 17.3. The maximum Gasteiger partial charge on any atom is 0.331 e. The average molecular weight is 619 g/mol. The minimum atomic E-state index is -0.765. The van der Waals surface area contributed by atoms with Crippen LogP contribution in [0.5, 0.6) is 5.75 Å². The Morgan fingerprint density at radius 3 is 2.24 bits per heavy atom. The van der Waals surface area contributed by atoms with E-state index in [1.165, 1.54) is 6.08 Å². The Morgan fingerprint density at radius 1 is 0.911 bits per heavy atom. The second-order valence-corrected chi connectivity index (χ2v) is 17.0. The van der Waals surface area contributed by atoms with Crippen molar-refractivity contribution in [3.63, 3.8) is 0 Å². The molecule has 0 heterocycles. The van der Waals surface area contributed by atoms with Crippen molar-refractivity contribution in [2.45, 2.75) is 112 Å². The fraction of sp³-hybridized carbons (Fsp3) is 0.692. The van der Waals surface area contributed by atoms with Crippen LogP contribution in [0, 0.1) is 56.7 Å². The SMILES string of the molecule is C=C(C)[C@@H]1CC[C@]2(C(=O)O)CC[C@]3(C)[C@H](CC[C@@H]4[C@@]5(C)C[C@@H](OC(=O)C=Cc6ccc(O)cc6)[C@H](O)C(C)(C)[C@@H]5CC[C@]43C)[C@@H]12. The Kier molecular flexibility index (Phi) is 7.70. The van der Waals surface area contributed by atoms with E-state index in [-0.39, 0.29) is 39.7 Å². The molecule has 5 aliphatic carbocycles. The molecule has 6 heteroatoms. The summed E-state index contributed by atoms with van der Waals surface area (Å²) in [6.07, 6.45) is 9.84. The van der Waals surface area contributed by atoms with Crippen LogP contribution in [0.4, 0.5) is 0 Å². The fourth-order valence-corrected chi connectivity index (χ4v) is 12.7. The third kappa shape index (κ3) is 4.58. The van der Waals surface area contributed by atoms with Crippen LogP contribution in [0.25, 0.3) is 6.08 Å². The van der Waals surface area contributed by atoms with Crippen LogP contribution in [-0.4, -0.2) is 39.5 Å². The zero-order chi connectivity index (χ0) is 32.7. The molecule has 5 aliphatic rings. The molecule has 5 fully saturated rings. The molecule has 1 aromatic rings. The van der Waals surface area contributed by atoms with Crippen LogP contribution in [-0.2, 0) is 14.3 Å². The predicted octanol–water partition coefficient (Wildman–Crippen LogP) is 8.03. The first-order valence-corrected chi connectivity index (χ1v) is 17.3. The van der Waals surface area contributed by atoms with E-state index in [0.29, 0.717) is 18.3 Å². The molecule has 246 valence electrons.